The van der Waals surface area contributed by atoms with E-state index < -0.39 is 0 Å². The van der Waals surface area contributed by atoms with Crippen LogP contribution in [0, 0.1) is 6.07 Å². The molecule has 0 saturated carbocycles. The molecular weight excluding hydrogens is 872 g/mol. The normalized spacial score (nSPS) is 12.8. The second-order valence-corrected chi connectivity index (χ2v) is 18.8. The van der Waals surface area contributed by atoms with Crippen molar-refractivity contribution in [2.45, 2.75) is 91.4 Å². The minimum atomic E-state index is -0.226. The van der Waals surface area contributed by atoms with E-state index >= 15 is 0 Å². The number of phenolic OH excluding ortho intramolecular Hbond substituents is 1. The number of para-hydroxylation sites is 1. The summed E-state index contributed by atoms with van der Waals surface area (Å²) in [6.45, 7) is 22.1. The van der Waals surface area contributed by atoms with Crippen LogP contribution in [0.2, 0.25) is 0 Å². The van der Waals surface area contributed by atoms with Crippen LogP contribution in [0.15, 0.2) is 115 Å². The number of fused-ring (bicyclic) bond motifs is 1. The molecule has 1 atom stereocenters. The Hall–Kier alpha value is -4.37. The molecule has 55 heavy (non-hydrogen) atoms. The smallest absolute Gasteiger partial charge is 0.129 e. The van der Waals surface area contributed by atoms with Gasteiger partial charge in [-0.15, -0.1) is 40.7 Å². The summed E-state index contributed by atoms with van der Waals surface area (Å²) in [5, 5.41) is 12.5. The zero-order valence-corrected chi connectivity index (χ0v) is 36.7. The van der Waals surface area contributed by atoms with Crippen molar-refractivity contribution in [3.63, 3.8) is 0 Å². The molecule has 1 N–H and O–H groups in total. The van der Waals surface area contributed by atoms with Gasteiger partial charge in [0.15, 0.2) is 0 Å². The summed E-state index contributed by atoms with van der Waals surface area (Å²) in [5.41, 5.74) is 13.3. The van der Waals surface area contributed by atoms with Crippen molar-refractivity contribution in [2.75, 3.05) is 0 Å². The number of aromatic nitrogens is 2. The fourth-order valence-electron chi connectivity index (χ4n) is 7.03. The molecule has 0 saturated heterocycles. The van der Waals surface area contributed by atoms with Crippen LogP contribution >= 0.6 is 11.3 Å². The molecule has 0 radical (unpaired) electrons. The van der Waals surface area contributed by atoms with Crippen LogP contribution in [-0.2, 0) is 37.3 Å². The van der Waals surface area contributed by atoms with Crippen molar-refractivity contribution in [3.8, 4) is 49.8 Å². The van der Waals surface area contributed by atoms with Crippen molar-refractivity contribution in [3.05, 3.63) is 149 Å². The molecule has 3 nitrogen and oxygen atoms in total. The average Bonchev–Trinajstić information content (AvgIpc) is 3.58. The van der Waals surface area contributed by atoms with E-state index in [0.717, 1.165) is 59.9 Å². The molecule has 0 amide bonds. The predicted octanol–water partition coefficient (Wildman–Crippen LogP) is 13.9. The van der Waals surface area contributed by atoms with Crippen LogP contribution in [0.3, 0.4) is 0 Å². The van der Waals surface area contributed by atoms with E-state index in [4.69, 9.17) is 9.97 Å². The number of rotatable bonds is 6. The molecule has 5 heteroatoms. The summed E-state index contributed by atoms with van der Waals surface area (Å²) >= 11 is 1.63. The Morgan fingerprint density at radius 2 is 1.25 bits per heavy atom. The molecule has 0 fully saturated rings. The minimum Gasteiger partial charge on any atom is -0.507 e. The fourth-order valence-corrected chi connectivity index (χ4v) is 8.03. The molecule has 7 aromatic rings. The molecule has 2 heterocycles. The van der Waals surface area contributed by atoms with E-state index in [2.05, 4.69) is 184 Å². The summed E-state index contributed by atoms with van der Waals surface area (Å²) in [6.07, 6.45) is 1.90. The molecule has 0 aliphatic heterocycles. The fraction of sp³-hybridized carbons (Fsp3) is 0.280. The summed E-state index contributed by atoms with van der Waals surface area (Å²) in [7, 11) is 0. The van der Waals surface area contributed by atoms with Crippen LogP contribution in [0.25, 0.3) is 54.3 Å². The maximum Gasteiger partial charge on any atom is 0.129 e. The number of benzene rings is 5. The van der Waals surface area contributed by atoms with Crippen LogP contribution in [0.4, 0.5) is 0 Å². The quantitative estimate of drug-likeness (QED) is 0.169. The van der Waals surface area contributed by atoms with Crippen molar-refractivity contribution in [1.82, 2.24) is 9.97 Å². The standard InChI is InChI=1S/C50H51N2OS.Pt/c1-31(32-15-12-11-13-16-32)33-19-21-34(22-20-33)35-23-24-51-43(28-35)37-25-36(26-38(27-37)48(2,3)4)40-17-14-18-44-45(40)52-47(54-44)41-29-39(49(5,6)7)30-42(46(41)53)50(8,9)10;/h11-24,26-31,53H,1-10H3;/q-1;. The predicted molar refractivity (Wildman–Crippen MR) is 230 cm³/mol. The molecule has 2 aromatic heterocycles. The summed E-state index contributed by atoms with van der Waals surface area (Å²) in [6, 6.07) is 42.7. The Bertz CT molecular complexity index is 2460. The second-order valence-electron chi connectivity index (χ2n) is 17.7. The first-order valence-corrected chi connectivity index (χ1v) is 19.8. The SMILES string of the molecule is CC(c1ccccc1)c1ccc(-c2ccnc(-c3[c-]c(-c4cccc5sc(-c6cc(C(C)(C)C)cc(C(C)(C)C)c6O)nc45)cc(C(C)(C)C)c3)c2)cc1.[Pt]. The number of nitrogens with zero attached hydrogens (tertiary/aromatic N) is 2. The van der Waals surface area contributed by atoms with Gasteiger partial charge in [-0.1, -0.05) is 159 Å². The molecule has 0 aliphatic carbocycles. The zero-order chi connectivity index (χ0) is 38.6. The van der Waals surface area contributed by atoms with Crippen molar-refractivity contribution < 1.29 is 26.2 Å². The first-order valence-electron chi connectivity index (χ1n) is 19.0. The van der Waals surface area contributed by atoms with E-state index in [0.29, 0.717) is 11.7 Å². The van der Waals surface area contributed by atoms with Gasteiger partial charge in [-0.2, -0.15) is 0 Å². The van der Waals surface area contributed by atoms with Crippen LogP contribution in [0.5, 0.6) is 5.75 Å². The number of hydrogen-bond donors (Lipinski definition) is 1. The number of pyridine rings is 1. The summed E-state index contributed by atoms with van der Waals surface area (Å²) in [5.74, 6) is 0.631. The van der Waals surface area contributed by atoms with Gasteiger partial charge >= 0.3 is 0 Å². The Morgan fingerprint density at radius 3 is 1.91 bits per heavy atom. The average molecular weight is 923 g/mol. The van der Waals surface area contributed by atoms with Gasteiger partial charge in [-0.05, 0) is 62.3 Å². The Morgan fingerprint density at radius 1 is 0.618 bits per heavy atom. The summed E-state index contributed by atoms with van der Waals surface area (Å²) < 4.78 is 1.07. The first kappa shape index (κ1) is 40.3. The third-order valence-corrected chi connectivity index (χ3v) is 11.6. The third-order valence-electron chi connectivity index (χ3n) is 10.5. The third kappa shape index (κ3) is 8.42. The van der Waals surface area contributed by atoms with Gasteiger partial charge in [0.1, 0.15) is 10.8 Å². The van der Waals surface area contributed by atoms with Gasteiger partial charge in [0.2, 0.25) is 0 Å². The number of phenols is 1. The molecule has 5 aromatic carbocycles. The Kier molecular flexibility index (Phi) is 11.2. The van der Waals surface area contributed by atoms with Gasteiger partial charge in [0.25, 0.3) is 0 Å². The molecular formula is C50H51N2OPtS-. The Balaban J connectivity index is 0.00000514. The van der Waals surface area contributed by atoms with Gasteiger partial charge in [0, 0.05) is 49.1 Å². The van der Waals surface area contributed by atoms with E-state index in [1.165, 1.54) is 22.3 Å². The van der Waals surface area contributed by atoms with Gasteiger partial charge in [-0.3, -0.25) is 4.98 Å². The Labute approximate surface area is 346 Å². The maximum absolute atomic E-state index is 11.7. The molecule has 0 spiro atoms. The van der Waals surface area contributed by atoms with E-state index in [-0.39, 0.29) is 37.3 Å². The molecule has 284 valence electrons. The van der Waals surface area contributed by atoms with Crippen molar-refractivity contribution in [2.24, 2.45) is 0 Å². The van der Waals surface area contributed by atoms with Gasteiger partial charge in [0.05, 0.1) is 11.1 Å². The topological polar surface area (TPSA) is 46.0 Å². The van der Waals surface area contributed by atoms with Crippen molar-refractivity contribution >= 4 is 21.6 Å². The molecule has 0 bridgehead atoms. The maximum atomic E-state index is 11.7. The van der Waals surface area contributed by atoms with Crippen LogP contribution in [-0.4, -0.2) is 15.1 Å². The first-order chi connectivity index (χ1) is 25.5. The molecule has 7 rings (SSSR count). The van der Waals surface area contributed by atoms with Crippen molar-refractivity contribution in [1.29, 1.82) is 0 Å². The largest absolute Gasteiger partial charge is 0.507 e. The monoisotopic (exact) mass is 922 g/mol. The minimum absolute atomic E-state index is 0. The van der Waals surface area contributed by atoms with E-state index in [1.54, 1.807) is 11.3 Å². The van der Waals surface area contributed by atoms with E-state index in [1.807, 2.05) is 6.20 Å². The molecule has 0 aliphatic rings. The second kappa shape index (κ2) is 15.3. The van der Waals surface area contributed by atoms with Gasteiger partial charge in [-0.25, -0.2) is 4.98 Å². The molecule has 1 unspecified atom stereocenters. The van der Waals surface area contributed by atoms with Crippen LogP contribution in [0.1, 0.15) is 103 Å². The number of hydrogen-bond acceptors (Lipinski definition) is 4. The van der Waals surface area contributed by atoms with Gasteiger partial charge < -0.3 is 5.11 Å². The van der Waals surface area contributed by atoms with Crippen LogP contribution < -0.4 is 0 Å². The number of thiazole rings is 1. The van der Waals surface area contributed by atoms with E-state index in [9.17, 15) is 5.11 Å². The number of aromatic hydroxyl groups is 1. The summed E-state index contributed by atoms with van der Waals surface area (Å²) in [4.78, 5) is 10.2. The zero-order valence-electron chi connectivity index (χ0n) is 33.6.